The lowest BCUT2D eigenvalue weighted by atomic mass is 9.65. The van der Waals surface area contributed by atoms with E-state index in [2.05, 4.69) is 5.32 Å². The van der Waals surface area contributed by atoms with Gasteiger partial charge in [0.05, 0.1) is 0 Å². The second-order valence-electron chi connectivity index (χ2n) is 5.34. The number of carbonyl (C=O) groups excluding carboxylic acids is 1. The van der Waals surface area contributed by atoms with Gasteiger partial charge in [-0.2, -0.15) is 0 Å². The molecule has 0 unspecified atom stereocenters. The summed E-state index contributed by atoms with van der Waals surface area (Å²) in [7, 11) is 0. The Kier molecular flexibility index (Phi) is 2.74. The largest absolute Gasteiger partial charge is 0.440 e. The molecule has 1 heterocycles. The smallest absolute Gasteiger partial charge is 0.405 e. The maximum atomic E-state index is 10.9. The first kappa shape index (κ1) is 12.3. The van der Waals surface area contributed by atoms with Crippen LogP contribution in [0.5, 0.6) is 0 Å². The molecule has 15 heavy (non-hydrogen) atoms. The van der Waals surface area contributed by atoms with Crippen molar-refractivity contribution in [1.82, 2.24) is 5.32 Å². The molecule has 5 nitrogen and oxygen atoms in total. The fourth-order valence-corrected chi connectivity index (χ4v) is 1.85. The lowest BCUT2D eigenvalue weighted by Crippen LogP contribution is -2.75. The van der Waals surface area contributed by atoms with Gasteiger partial charge in [-0.25, -0.2) is 4.79 Å². The van der Waals surface area contributed by atoms with E-state index < -0.39 is 22.7 Å². The number of nitrogens with two attached hydrogens (primary N) is 1. The van der Waals surface area contributed by atoms with Crippen LogP contribution >= 0.6 is 0 Å². The van der Waals surface area contributed by atoms with Gasteiger partial charge in [0.1, 0.15) is 11.2 Å². The molecule has 1 saturated heterocycles. The van der Waals surface area contributed by atoms with Crippen molar-refractivity contribution in [2.75, 3.05) is 13.1 Å². The summed E-state index contributed by atoms with van der Waals surface area (Å²) < 4.78 is 5.16. The highest BCUT2D eigenvalue weighted by molar-refractivity contribution is 5.65. The highest BCUT2D eigenvalue weighted by Gasteiger charge is 2.59. The van der Waals surface area contributed by atoms with Crippen molar-refractivity contribution in [2.24, 2.45) is 11.1 Å². The number of carbonyl (C=O) groups is 1. The zero-order valence-corrected chi connectivity index (χ0v) is 9.76. The molecule has 0 spiro atoms. The molecule has 1 aliphatic heterocycles. The van der Waals surface area contributed by atoms with E-state index in [1.54, 1.807) is 6.92 Å². The molecule has 1 rings (SSSR count). The van der Waals surface area contributed by atoms with Gasteiger partial charge in [-0.05, 0) is 6.92 Å². The Morgan fingerprint density at radius 2 is 1.87 bits per heavy atom. The van der Waals surface area contributed by atoms with Crippen molar-refractivity contribution in [2.45, 2.75) is 38.9 Å². The van der Waals surface area contributed by atoms with Crippen molar-refractivity contribution < 1.29 is 14.6 Å². The summed E-state index contributed by atoms with van der Waals surface area (Å²) in [4.78, 5) is 10.9. The Labute approximate surface area is 90.0 Å². The Balaban J connectivity index is 3.01. The molecule has 0 saturated carbocycles. The van der Waals surface area contributed by atoms with Crippen LogP contribution in [0.1, 0.15) is 27.7 Å². The van der Waals surface area contributed by atoms with E-state index in [1.165, 1.54) is 0 Å². The average molecular weight is 216 g/mol. The van der Waals surface area contributed by atoms with Crippen LogP contribution in [0.2, 0.25) is 0 Å². The van der Waals surface area contributed by atoms with Gasteiger partial charge >= 0.3 is 6.09 Å². The van der Waals surface area contributed by atoms with E-state index in [0.717, 1.165) is 0 Å². The number of hydrogen-bond acceptors (Lipinski definition) is 4. The Morgan fingerprint density at radius 1 is 1.40 bits per heavy atom. The highest BCUT2D eigenvalue weighted by atomic mass is 16.6. The van der Waals surface area contributed by atoms with Crippen LogP contribution in [0, 0.1) is 5.41 Å². The SMILES string of the molecule is CC(C)(C)[C@@](C)(OC(N)=O)C1(O)CNC1. The van der Waals surface area contributed by atoms with Crippen LogP contribution in [-0.2, 0) is 4.74 Å². The van der Waals surface area contributed by atoms with Gasteiger partial charge in [0, 0.05) is 18.5 Å². The monoisotopic (exact) mass is 216 g/mol. The molecule has 1 atom stereocenters. The quantitative estimate of drug-likeness (QED) is 0.616. The maximum absolute atomic E-state index is 10.9. The summed E-state index contributed by atoms with van der Waals surface area (Å²) in [6.45, 7) is 8.27. The zero-order valence-electron chi connectivity index (χ0n) is 9.76. The number of nitrogens with one attached hydrogen (secondary N) is 1. The first-order valence-corrected chi connectivity index (χ1v) is 5.04. The van der Waals surface area contributed by atoms with Crippen molar-refractivity contribution in [1.29, 1.82) is 0 Å². The van der Waals surface area contributed by atoms with E-state index in [-0.39, 0.29) is 0 Å². The van der Waals surface area contributed by atoms with Crippen molar-refractivity contribution in [3.63, 3.8) is 0 Å². The summed E-state index contributed by atoms with van der Waals surface area (Å²) in [5, 5.41) is 13.3. The van der Waals surface area contributed by atoms with Crippen LogP contribution in [0.4, 0.5) is 4.79 Å². The van der Waals surface area contributed by atoms with Crippen molar-refractivity contribution in [3.8, 4) is 0 Å². The molecule has 0 bridgehead atoms. The fraction of sp³-hybridized carbons (Fsp3) is 0.900. The first-order valence-electron chi connectivity index (χ1n) is 5.04. The summed E-state index contributed by atoms with van der Waals surface area (Å²) in [5.41, 5.74) is 2.64. The van der Waals surface area contributed by atoms with Gasteiger partial charge in [-0.3, -0.25) is 0 Å². The zero-order chi connectivity index (χ0) is 11.9. The third kappa shape index (κ3) is 1.81. The van der Waals surface area contributed by atoms with Crippen molar-refractivity contribution in [3.05, 3.63) is 0 Å². The van der Waals surface area contributed by atoms with Crippen LogP contribution in [0.15, 0.2) is 0 Å². The molecule has 0 aromatic heterocycles. The van der Waals surface area contributed by atoms with Gasteiger partial charge in [0.2, 0.25) is 0 Å². The van der Waals surface area contributed by atoms with Crippen molar-refractivity contribution >= 4 is 6.09 Å². The highest BCUT2D eigenvalue weighted by Crippen LogP contribution is 2.43. The normalized spacial score (nSPS) is 23.8. The third-order valence-corrected chi connectivity index (χ3v) is 3.46. The lowest BCUT2D eigenvalue weighted by Gasteiger charge is -2.55. The standard InChI is InChI=1S/C10H20N2O3/c1-8(2,3)9(4,15-7(11)13)10(14)5-12-6-10/h12,14H,5-6H2,1-4H3,(H2,11,13)/t9-/m1/s1. The minimum absolute atomic E-state index is 0.390. The number of ether oxygens (including phenoxy) is 1. The maximum Gasteiger partial charge on any atom is 0.405 e. The van der Waals surface area contributed by atoms with Crippen LogP contribution in [0.25, 0.3) is 0 Å². The average Bonchev–Trinajstić information content (AvgIpc) is 1.96. The van der Waals surface area contributed by atoms with E-state index in [1.807, 2.05) is 20.8 Å². The second-order valence-corrected chi connectivity index (χ2v) is 5.34. The summed E-state index contributed by atoms with van der Waals surface area (Å²) in [6.07, 6.45) is -0.854. The fourth-order valence-electron chi connectivity index (χ4n) is 1.85. The van der Waals surface area contributed by atoms with Gasteiger partial charge < -0.3 is 20.9 Å². The topological polar surface area (TPSA) is 84.6 Å². The van der Waals surface area contributed by atoms with E-state index >= 15 is 0 Å². The molecule has 0 aromatic rings. The van der Waals surface area contributed by atoms with Gasteiger partial charge in [0.15, 0.2) is 0 Å². The summed E-state index contributed by atoms with van der Waals surface area (Å²) in [5.74, 6) is 0. The molecule has 0 radical (unpaired) electrons. The Bertz CT molecular complexity index is 268. The van der Waals surface area contributed by atoms with E-state index in [9.17, 15) is 9.90 Å². The summed E-state index contributed by atoms with van der Waals surface area (Å²) in [6, 6.07) is 0. The molecule has 5 heteroatoms. The first-order chi connectivity index (χ1) is 6.62. The van der Waals surface area contributed by atoms with Gasteiger partial charge in [-0.1, -0.05) is 20.8 Å². The number of β-amino-alcohol motifs (C(OH)–C–C–N with tert-alkyl or cyclic N) is 1. The number of amides is 1. The van der Waals surface area contributed by atoms with Gasteiger partial charge in [0.25, 0.3) is 0 Å². The van der Waals surface area contributed by atoms with E-state index in [0.29, 0.717) is 13.1 Å². The number of rotatable bonds is 2. The molecule has 4 N–H and O–H groups in total. The lowest BCUT2D eigenvalue weighted by molar-refractivity contribution is -0.210. The van der Waals surface area contributed by atoms with E-state index in [4.69, 9.17) is 10.5 Å². The number of aliphatic hydroxyl groups is 1. The molecule has 1 fully saturated rings. The minimum Gasteiger partial charge on any atom is -0.440 e. The van der Waals surface area contributed by atoms with Crippen LogP contribution in [-0.4, -0.2) is 35.5 Å². The van der Waals surface area contributed by atoms with Crippen LogP contribution in [0.3, 0.4) is 0 Å². The molecule has 1 amide bonds. The predicted molar refractivity (Wildman–Crippen MR) is 56.3 cm³/mol. The number of primary amides is 1. The Morgan fingerprint density at radius 3 is 2.07 bits per heavy atom. The molecule has 1 aliphatic rings. The molecule has 88 valence electrons. The van der Waals surface area contributed by atoms with Crippen LogP contribution < -0.4 is 11.1 Å². The predicted octanol–water partition coefficient (Wildman–Crippen LogP) is 0.221. The molecular weight excluding hydrogens is 196 g/mol. The third-order valence-electron chi connectivity index (χ3n) is 3.46. The van der Waals surface area contributed by atoms with Gasteiger partial charge in [-0.15, -0.1) is 0 Å². The molecular formula is C10H20N2O3. The minimum atomic E-state index is -1.04. The summed E-state index contributed by atoms with van der Waals surface area (Å²) >= 11 is 0. The second kappa shape index (κ2) is 3.35. The number of hydrogen-bond donors (Lipinski definition) is 3. The molecule has 0 aromatic carbocycles. The Hall–Kier alpha value is -0.810. The molecule has 0 aliphatic carbocycles.